The molecule has 0 atom stereocenters. The molecule has 0 aliphatic heterocycles. The van der Waals surface area contributed by atoms with Gasteiger partial charge in [0, 0.05) is 0 Å². The monoisotopic (exact) mass is 290 g/mol. The fourth-order valence-electron chi connectivity index (χ4n) is 1.39. The van der Waals surface area contributed by atoms with E-state index in [0.717, 1.165) is 0 Å². The molecular weight excluding hydrogens is 260 g/mol. The van der Waals surface area contributed by atoms with Crippen LogP contribution in [0.2, 0.25) is 0 Å². The van der Waals surface area contributed by atoms with Crippen molar-refractivity contribution in [1.29, 1.82) is 0 Å². The Hall–Kier alpha value is -1.96. The lowest BCUT2D eigenvalue weighted by atomic mass is 9.87. The molecule has 0 bridgehead atoms. The van der Waals surface area contributed by atoms with Crippen LogP contribution in [0.25, 0.3) is 0 Å². The van der Waals surface area contributed by atoms with Gasteiger partial charge < -0.3 is 10.2 Å². The van der Waals surface area contributed by atoms with E-state index in [0.29, 0.717) is 11.5 Å². The summed E-state index contributed by atoms with van der Waals surface area (Å²) in [6.45, 7) is 10.5. The zero-order valence-electron chi connectivity index (χ0n) is 13.1. The van der Waals surface area contributed by atoms with Gasteiger partial charge in [0.05, 0.1) is 0 Å². The van der Waals surface area contributed by atoms with Crippen molar-refractivity contribution in [3.8, 4) is 11.5 Å². The molecule has 0 unspecified atom stereocenters. The Morgan fingerprint density at radius 1 is 0.667 bits per heavy atom. The van der Waals surface area contributed by atoms with Crippen molar-refractivity contribution in [2.75, 3.05) is 0 Å². The molecule has 118 valence electrons. The Labute approximate surface area is 130 Å². The first kappa shape index (κ1) is 21.3. The summed E-state index contributed by atoms with van der Waals surface area (Å²) < 4.78 is 0. The van der Waals surface area contributed by atoms with Gasteiger partial charge in [-0.05, 0) is 35.2 Å². The molecule has 0 heterocycles. The summed E-state index contributed by atoms with van der Waals surface area (Å²) >= 11 is 0. The highest BCUT2D eigenvalue weighted by molar-refractivity contribution is 5.29. The van der Waals surface area contributed by atoms with Crippen LogP contribution in [-0.4, -0.2) is 10.2 Å². The number of phenolic OH excluding ortho intramolecular Hbond substituents is 2. The van der Waals surface area contributed by atoms with Gasteiger partial charge in [0.1, 0.15) is 11.5 Å². The summed E-state index contributed by atoms with van der Waals surface area (Å²) in [5.74, 6) is 0.653. The Kier molecular flexibility index (Phi) is 11.0. The Balaban J connectivity index is 0. The lowest BCUT2D eigenvalue weighted by molar-refractivity contribution is 0.474. The van der Waals surface area contributed by atoms with Crippen molar-refractivity contribution in [2.24, 2.45) is 0 Å². The van der Waals surface area contributed by atoms with E-state index < -0.39 is 0 Å². The number of hydrogen-bond donors (Lipinski definition) is 2. The molecule has 0 spiro atoms. The van der Waals surface area contributed by atoms with Crippen LogP contribution in [0, 0.1) is 0 Å². The maximum absolute atomic E-state index is 9.02. The second-order valence-electron chi connectivity index (χ2n) is 5.13. The van der Waals surface area contributed by atoms with Gasteiger partial charge in [0.2, 0.25) is 0 Å². The fraction of sp³-hybridized carbons (Fsp3) is 0.368. The molecule has 0 radical (unpaired) electrons. The molecule has 2 aromatic rings. The predicted octanol–water partition coefficient (Wildman–Crippen LogP) is 5.74. The Morgan fingerprint density at radius 2 is 1.05 bits per heavy atom. The minimum Gasteiger partial charge on any atom is -0.508 e. The molecule has 0 saturated heterocycles. The smallest absolute Gasteiger partial charge is 0.115 e. The molecule has 0 aliphatic carbocycles. The van der Waals surface area contributed by atoms with Gasteiger partial charge >= 0.3 is 0 Å². The molecule has 0 aliphatic rings. The average Bonchev–Trinajstić information content (AvgIpc) is 2.42. The van der Waals surface area contributed by atoms with Crippen molar-refractivity contribution in [1.82, 2.24) is 0 Å². The molecule has 21 heavy (non-hydrogen) atoms. The minimum absolute atomic E-state index is 0. The first-order chi connectivity index (χ1) is 9.39. The summed E-state index contributed by atoms with van der Waals surface area (Å²) in [5.41, 5.74) is 1.42. The third-order valence-electron chi connectivity index (χ3n) is 2.49. The van der Waals surface area contributed by atoms with Crippen molar-refractivity contribution in [3.63, 3.8) is 0 Å². The van der Waals surface area contributed by atoms with E-state index in [4.69, 9.17) is 10.2 Å². The van der Waals surface area contributed by atoms with Crippen molar-refractivity contribution in [3.05, 3.63) is 60.2 Å². The third kappa shape index (κ3) is 9.55. The van der Waals surface area contributed by atoms with Crippen LogP contribution in [0.4, 0.5) is 0 Å². The Bertz CT molecular complexity index is 453. The van der Waals surface area contributed by atoms with Gasteiger partial charge in [-0.2, -0.15) is 0 Å². The van der Waals surface area contributed by atoms with E-state index >= 15 is 0 Å². The number of benzene rings is 2. The van der Waals surface area contributed by atoms with Gasteiger partial charge in [-0.1, -0.05) is 72.4 Å². The van der Waals surface area contributed by atoms with Gasteiger partial charge in [0.25, 0.3) is 0 Å². The van der Waals surface area contributed by atoms with E-state index in [1.54, 1.807) is 36.4 Å². The molecule has 2 aromatic carbocycles. The zero-order chi connectivity index (χ0) is 15.6. The third-order valence-corrected chi connectivity index (χ3v) is 2.49. The van der Waals surface area contributed by atoms with Crippen LogP contribution < -0.4 is 0 Å². The highest BCUT2D eigenvalue weighted by Gasteiger charge is 2.12. The zero-order valence-corrected chi connectivity index (χ0v) is 13.1. The number of para-hydroxylation sites is 1. The SMILES string of the molecule is C.CC.CC(C)(C)c1ccc(O)cc1.Oc1ccccc1. The quantitative estimate of drug-likeness (QED) is 0.649. The number of hydrogen-bond acceptors (Lipinski definition) is 2. The summed E-state index contributed by atoms with van der Waals surface area (Å²) in [6.07, 6.45) is 0. The van der Waals surface area contributed by atoms with Crippen LogP contribution in [0.15, 0.2) is 54.6 Å². The van der Waals surface area contributed by atoms with Gasteiger partial charge in [0.15, 0.2) is 0 Å². The topological polar surface area (TPSA) is 40.5 Å². The standard InChI is InChI=1S/C10H14O.C6H6O.C2H6.CH4/c1-10(2,3)8-4-6-9(11)7-5-8;7-6-4-2-1-3-5-6;1-2;/h4-7,11H,1-3H3;1-5,7H;1-2H3;1H4. The van der Waals surface area contributed by atoms with E-state index in [1.807, 2.05) is 32.0 Å². The normalized spacial score (nSPS) is 9.19. The summed E-state index contributed by atoms with van der Waals surface area (Å²) in [4.78, 5) is 0. The van der Waals surface area contributed by atoms with Crippen LogP contribution in [0.1, 0.15) is 47.6 Å². The fourth-order valence-corrected chi connectivity index (χ4v) is 1.39. The van der Waals surface area contributed by atoms with Crippen LogP contribution in [0.3, 0.4) is 0 Å². The highest BCUT2D eigenvalue weighted by Crippen LogP contribution is 2.23. The number of aromatic hydroxyl groups is 2. The van der Waals surface area contributed by atoms with Crippen molar-refractivity contribution < 1.29 is 10.2 Å². The second-order valence-corrected chi connectivity index (χ2v) is 5.13. The molecule has 0 aromatic heterocycles. The summed E-state index contributed by atoms with van der Waals surface area (Å²) in [5, 5.41) is 17.7. The molecule has 0 saturated carbocycles. The predicted molar refractivity (Wildman–Crippen MR) is 93.0 cm³/mol. The number of rotatable bonds is 0. The molecule has 0 fully saturated rings. The van der Waals surface area contributed by atoms with E-state index in [-0.39, 0.29) is 12.8 Å². The maximum Gasteiger partial charge on any atom is 0.115 e. The Morgan fingerprint density at radius 3 is 1.33 bits per heavy atom. The maximum atomic E-state index is 9.02. The average molecular weight is 290 g/mol. The van der Waals surface area contributed by atoms with Gasteiger partial charge in [-0.3, -0.25) is 0 Å². The molecule has 2 heteroatoms. The summed E-state index contributed by atoms with van der Waals surface area (Å²) in [6, 6.07) is 16.1. The van der Waals surface area contributed by atoms with E-state index in [9.17, 15) is 0 Å². The molecule has 2 rings (SSSR count). The first-order valence-electron chi connectivity index (χ1n) is 6.93. The lowest BCUT2D eigenvalue weighted by Crippen LogP contribution is -2.10. The van der Waals surface area contributed by atoms with Crippen molar-refractivity contribution >= 4 is 0 Å². The van der Waals surface area contributed by atoms with E-state index in [2.05, 4.69) is 20.8 Å². The molecular formula is C19H30O2. The van der Waals surface area contributed by atoms with Crippen LogP contribution in [-0.2, 0) is 5.41 Å². The molecule has 2 N–H and O–H groups in total. The molecule has 2 nitrogen and oxygen atoms in total. The van der Waals surface area contributed by atoms with Crippen LogP contribution >= 0.6 is 0 Å². The first-order valence-corrected chi connectivity index (χ1v) is 6.93. The van der Waals surface area contributed by atoms with Crippen LogP contribution in [0.5, 0.6) is 11.5 Å². The van der Waals surface area contributed by atoms with Crippen molar-refractivity contribution in [2.45, 2.75) is 47.5 Å². The van der Waals surface area contributed by atoms with Gasteiger partial charge in [-0.25, -0.2) is 0 Å². The van der Waals surface area contributed by atoms with Gasteiger partial charge in [-0.15, -0.1) is 0 Å². The molecule has 0 amide bonds. The largest absolute Gasteiger partial charge is 0.508 e. The highest BCUT2D eigenvalue weighted by atomic mass is 16.3. The minimum atomic E-state index is 0. The summed E-state index contributed by atoms with van der Waals surface area (Å²) in [7, 11) is 0. The second kappa shape index (κ2) is 10.8. The van der Waals surface area contributed by atoms with E-state index in [1.165, 1.54) is 5.56 Å². The number of phenols is 2. The lowest BCUT2D eigenvalue weighted by Gasteiger charge is -2.18.